The molecule has 0 fully saturated rings. The quantitative estimate of drug-likeness (QED) is 0.184. The van der Waals surface area contributed by atoms with E-state index in [0.717, 1.165) is 17.3 Å². The van der Waals surface area contributed by atoms with Gasteiger partial charge in [0.25, 0.3) is 0 Å². The van der Waals surface area contributed by atoms with Crippen molar-refractivity contribution in [2.45, 2.75) is 129 Å². The molecule has 0 aliphatic rings. The summed E-state index contributed by atoms with van der Waals surface area (Å²) in [6, 6.07) is 0. The molecule has 0 N–H and O–H groups in total. The summed E-state index contributed by atoms with van der Waals surface area (Å²) in [5, 5.41) is 10.2. The molecule has 0 aliphatic carbocycles. The fourth-order valence-electron chi connectivity index (χ4n) is 3.27. The maximum Gasteiger partial charge on any atom is 0.0780 e. The third kappa shape index (κ3) is 33.0. The minimum Gasteiger partial charge on any atom is -0.550 e. The SMILES string of the molecule is CCCCCCCCCCCCCCCCCC(=O)[O-].CCCC[N+](C)(C)C. The second kappa shape index (κ2) is 22.7. The lowest BCUT2D eigenvalue weighted by Crippen LogP contribution is -2.35. The van der Waals surface area contributed by atoms with Crippen LogP contribution >= 0.6 is 0 Å². The molecule has 0 saturated carbocycles. The van der Waals surface area contributed by atoms with E-state index in [9.17, 15) is 9.90 Å². The van der Waals surface area contributed by atoms with Crippen LogP contribution < -0.4 is 5.11 Å². The third-order valence-electron chi connectivity index (χ3n) is 5.17. The molecule has 28 heavy (non-hydrogen) atoms. The number of hydrogen-bond donors (Lipinski definition) is 0. The van der Waals surface area contributed by atoms with Crippen LogP contribution in [-0.4, -0.2) is 38.1 Å². The minimum absolute atomic E-state index is 0.234. The zero-order chi connectivity index (χ0) is 21.5. The van der Waals surface area contributed by atoms with Gasteiger partial charge in [-0.15, -0.1) is 0 Å². The first-order valence-corrected chi connectivity index (χ1v) is 12.3. The molecule has 0 bridgehead atoms. The van der Waals surface area contributed by atoms with Crippen LogP contribution in [-0.2, 0) is 4.79 Å². The van der Waals surface area contributed by atoms with Crippen LogP contribution in [0.15, 0.2) is 0 Å². The van der Waals surface area contributed by atoms with Crippen LogP contribution in [0, 0.1) is 0 Å². The molecule has 0 amide bonds. The lowest BCUT2D eigenvalue weighted by atomic mass is 10.0. The summed E-state index contributed by atoms with van der Waals surface area (Å²) >= 11 is 0. The topological polar surface area (TPSA) is 40.1 Å². The normalized spacial score (nSPS) is 11.2. The maximum atomic E-state index is 10.2. The fourth-order valence-corrected chi connectivity index (χ4v) is 3.27. The van der Waals surface area contributed by atoms with Crippen molar-refractivity contribution in [3.8, 4) is 0 Å². The van der Waals surface area contributed by atoms with Crippen LogP contribution in [0.25, 0.3) is 0 Å². The Balaban J connectivity index is 0. The number of nitrogens with zero attached hydrogens (tertiary/aromatic N) is 1. The average molecular weight is 400 g/mol. The first kappa shape index (κ1) is 29.6. The number of carboxylic acids is 1. The van der Waals surface area contributed by atoms with Crippen molar-refractivity contribution in [1.82, 2.24) is 0 Å². The number of carboxylic acid groups (broad SMARTS) is 1. The smallest absolute Gasteiger partial charge is 0.0780 e. The number of carbonyl (C=O) groups excluding carboxylic acids is 1. The van der Waals surface area contributed by atoms with Gasteiger partial charge in [-0.05, 0) is 19.3 Å². The van der Waals surface area contributed by atoms with E-state index in [0.29, 0.717) is 0 Å². The van der Waals surface area contributed by atoms with Gasteiger partial charge in [0.05, 0.1) is 27.7 Å². The zero-order valence-corrected chi connectivity index (χ0v) is 20.2. The van der Waals surface area contributed by atoms with Crippen LogP contribution in [0.4, 0.5) is 0 Å². The lowest BCUT2D eigenvalue weighted by molar-refractivity contribution is -0.870. The molecule has 0 spiro atoms. The molecule has 0 unspecified atom stereocenters. The van der Waals surface area contributed by atoms with E-state index >= 15 is 0 Å². The summed E-state index contributed by atoms with van der Waals surface area (Å²) in [4.78, 5) is 10.2. The van der Waals surface area contributed by atoms with Crippen molar-refractivity contribution in [3.05, 3.63) is 0 Å². The first-order valence-electron chi connectivity index (χ1n) is 12.3. The number of carbonyl (C=O) groups is 1. The summed E-state index contributed by atoms with van der Waals surface area (Å²) in [6.07, 6.45) is 22.5. The fraction of sp³-hybridized carbons (Fsp3) is 0.960. The molecule has 0 saturated heterocycles. The number of quaternary nitrogens is 1. The molecular weight excluding hydrogens is 346 g/mol. The summed E-state index contributed by atoms with van der Waals surface area (Å²) in [5.41, 5.74) is 0. The van der Waals surface area contributed by atoms with Crippen molar-refractivity contribution in [3.63, 3.8) is 0 Å². The van der Waals surface area contributed by atoms with Gasteiger partial charge in [-0.2, -0.15) is 0 Å². The summed E-state index contributed by atoms with van der Waals surface area (Å²) in [6.45, 7) is 5.80. The minimum atomic E-state index is -0.903. The predicted octanol–water partition coefficient (Wildman–Crippen LogP) is 6.49. The van der Waals surface area contributed by atoms with Crippen LogP contribution in [0.1, 0.15) is 129 Å². The molecule has 170 valence electrons. The van der Waals surface area contributed by atoms with E-state index in [1.807, 2.05) is 0 Å². The molecule has 0 aliphatic heterocycles. The molecule has 0 aromatic heterocycles. The predicted molar refractivity (Wildman–Crippen MR) is 122 cm³/mol. The number of unbranched alkanes of at least 4 members (excludes halogenated alkanes) is 15. The van der Waals surface area contributed by atoms with Gasteiger partial charge in [0.15, 0.2) is 0 Å². The van der Waals surface area contributed by atoms with Gasteiger partial charge >= 0.3 is 0 Å². The Hall–Kier alpha value is -0.570. The summed E-state index contributed by atoms with van der Waals surface area (Å²) in [7, 11) is 6.70. The Morgan fingerprint density at radius 1 is 0.571 bits per heavy atom. The molecule has 0 aromatic carbocycles. The van der Waals surface area contributed by atoms with Gasteiger partial charge in [-0.3, -0.25) is 0 Å². The van der Waals surface area contributed by atoms with Crippen molar-refractivity contribution in [2.24, 2.45) is 0 Å². The second-order valence-electron chi connectivity index (χ2n) is 9.44. The maximum absolute atomic E-state index is 10.2. The molecule has 3 heteroatoms. The third-order valence-corrected chi connectivity index (χ3v) is 5.17. The van der Waals surface area contributed by atoms with E-state index in [-0.39, 0.29) is 6.42 Å². The van der Waals surface area contributed by atoms with E-state index in [4.69, 9.17) is 0 Å². The van der Waals surface area contributed by atoms with E-state index in [2.05, 4.69) is 35.0 Å². The molecular formula is C25H53NO2. The molecule has 0 aromatic rings. The highest BCUT2D eigenvalue weighted by Crippen LogP contribution is 2.13. The Bertz CT molecular complexity index is 310. The molecule has 0 rings (SSSR count). The van der Waals surface area contributed by atoms with E-state index < -0.39 is 5.97 Å². The highest BCUT2D eigenvalue weighted by molar-refractivity contribution is 5.63. The Morgan fingerprint density at radius 2 is 0.893 bits per heavy atom. The van der Waals surface area contributed by atoms with Crippen molar-refractivity contribution in [2.75, 3.05) is 27.7 Å². The Kier molecular flexibility index (Phi) is 24.0. The van der Waals surface area contributed by atoms with Gasteiger partial charge in [0.1, 0.15) is 0 Å². The highest BCUT2D eigenvalue weighted by atomic mass is 16.4. The Morgan fingerprint density at radius 3 is 1.14 bits per heavy atom. The number of hydrogen-bond acceptors (Lipinski definition) is 2. The number of rotatable bonds is 19. The van der Waals surface area contributed by atoms with Gasteiger partial charge in [0, 0.05) is 5.97 Å². The van der Waals surface area contributed by atoms with E-state index in [1.165, 1.54) is 103 Å². The lowest BCUT2D eigenvalue weighted by Gasteiger charge is -2.23. The molecule has 0 heterocycles. The zero-order valence-electron chi connectivity index (χ0n) is 20.2. The highest BCUT2D eigenvalue weighted by Gasteiger charge is 2.03. The summed E-state index contributed by atoms with van der Waals surface area (Å²) < 4.78 is 1.10. The molecule has 3 nitrogen and oxygen atoms in total. The number of aliphatic carboxylic acids is 1. The van der Waals surface area contributed by atoms with Crippen LogP contribution in [0.5, 0.6) is 0 Å². The van der Waals surface area contributed by atoms with Gasteiger partial charge in [0.2, 0.25) is 0 Å². The van der Waals surface area contributed by atoms with Crippen LogP contribution in [0.3, 0.4) is 0 Å². The van der Waals surface area contributed by atoms with Crippen molar-refractivity contribution < 1.29 is 14.4 Å². The monoisotopic (exact) mass is 399 g/mol. The first-order chi connectivity index (χ1) is 13.3. The van der Waals surface area contributed by atoms with E-state index in [1.54, 1.807) is 0 Å². The molecule has 0 atom stereocenters. The van der Waals surface area contributed by atoms with Crippen molar-refractivity contribution >= 4 is 5.97 Å². The van der Waals surface area contributed by atoms with Gasteiger partial charge in [-0.1, -0.05) is 110 Å². The van der Waals surface area contributed by atoms with Crippen LogP contribution in [0.2, 0.25) is 0 Å². The van der Waals surface area contributed by atoms with Crippen molar-refractivity contribution in [1.29, 1.82) is 0 Å². The average Bonchev–Trinajstić information content (AvgIpc) is 2.63. The Labute approximate surface area is 177 Å². The molecule has 0 radical (unpaired) electrons. The standard InChI is InChI=1S/C18H36O2.C7H18N/c1-2-3-4-5-6-7-8-9-10-11-12-13-14-15-16-17-18(19)20;1-5-6-7-8(2,3)4/h2-17H2,1H3,(H,19,20);5-7H2,1-4H3/q;+1/p-1. The second-order valence-corrected chi connectivity index (χ2v) is 9.44. The summed E-state index contributed by atoms with van der Waals surface area (Å²) in [5.74, 6) is -0.903. The van der Waals surface area contributed by atoms with Gasteiger partial charge < -0.3 is 14.4 Å². The van der Waals surface area contributed by atoms with Gasteiger partial charge in [-0.25, -0.2) is 0 Å². The largest absolute Gasteiger partial charge is 0.550 e.